The Hall–Kier alpha value is 0.1000. The zero-order valence-electron chi connectivity index (χ0n) is 9.00. The van der Waals surface area contributed by atoms with Crippen molar-refractivity contribution in [3.05, 3.63) is 20.8 Å². The van der Waals surface area contributed by atoms with Gasteiger partial charge in [-0.25, -0.2) is 0 Å². The number of hydrogen-bond donors (Lipinski definition) is 1. The minimum atomic E-state index is 0.706. The van der Waals surface area contributed by atoms with Gasteiger partial charge in [-0.2, -0.15) is 0 Å². The molecule has 1 N–H and O–H groups in total. The SMILES string of the molecule is CN(Cc1csc(Br)c1)C[C@H]1CCCN1. The summed E-state index contributed by atoms with van der Waals surface area (Å²) in [6.45, 7) is 3.41. The third-order valence-corrected chi connectivity index (χ3v) is 4.32. The van der Waals surface area contributed by atoms with Crippen molar-refractivity contribution in [2.75, 3.05) is 20.1 Å². The van der Waals surface area contributed by atoms with Gasteiger partial charge in [0.1, 0.15) is 0 Å². The Balaban J connectivity index is 1.78. The molecule has 2 nitrogen and oxygen atoms in total. The van der Waals surface area contributed by atoms with Gasteiger partial charge in [0.05, 0.1) is 3.79 Å². The van der Waals surface area contributed by atoms with Crippen LogP contribution in [-0.4, -0.2) is 31.1 Å². The fourth-order valence-electron chi connectivity index (χ4n) is 2.09. The van der Waals surface area contributed by atoms with Crippen LogP contribution in [-0.2, 0) is 6.54 Å². The Kier molecular flexibility index (Phi) is 4.20. The van der Waals surface area contributed by atoms with E-state index in [0.29, 0.717) is 6.04 Å². The molecule has 0 aliphatic carbocycles. The van der Waals surface area contributed by atoms with Gasteiger partial charge in [0.25, 0.3) is 0 Å². The molecule has 0 bridgehead atoms. The molecule has 0 unspecified atom stereocenters. The van der Waals surface area contributed by atoms with Gasteiger partial charge in [-0.05, 0) is 59.4 Å². The maximum absolute atomic E-state index is 3.53. The second-order valence-corrected chi connectivity index (χ2v) is 6.54. The van der Waals surface area contributed by atoms with Crippen LogP contribution in [0.4, 0.5) is 0 Å². The molecule has 1 fully saturated rings. The van der Waals surface area contributed by atoms with E-state index in [-0.39, 0.29) is 0 Å². The number of likely N-dealkylation sites (N-methyl/N-ethyl adjacent to an activating group) is 1. The van der Waals surface area contributed by atoms with Crippen LogP contribution in [0, 0.1) is 0 Å². The Morgan fingerprint density at radius 1 is 1.67 bits per heavy atom. The standard InChI is InChI=1S/C11H17BrN2S/c1-14(7-10-3-2-4-13-10)6-9-5-11(12)15-8-9/h5,8,10,13H,2-4,6-7H2,1H3/t10-/m1/s1. The highest BCUT2D eigenvalue weighted by molar-refractivity contribution is 9.11. The van der Waals surface area contributed by atoms with Crippen LogP contribution in [0.1, 0.15) is 18.4 Å². The van der Waals surface area contributed by atoms with E-state index in [9.17, 15) is 0 Å². The highest BCUT2D eigenvalue weighted by Crippen LogP contribution is 2.21. The van der Waals surface area contributed by atoms with E-state index in [1.165, 1.54) is 28.7 Å². The van der Waals surface area contributed by atoms with Crippen LogP contribution in [0.15, 0.2) is 15.2 Å². The normalized spacial score (nSPS) is 21.4. The molecule has 2 rings (SSSR count). The first-order valence-electron chi connectivity index (χ1n) is 5.39. The maximum atomic E-state index is 3.53. The number of hydrogen-bond acceptors (Lipinski definition) is 3. The Labute approximate surface area is 104 Å². The van der Waals surface area contributed by atoms with Crippen LogP contribution in [0.3, 0.4) is 0 Å². The molecule has 1 atom stereocenters. The van der Waals surface area contributed by atoms with Crippen LogP contribution in [0.25, 0.3) is 0 Å². The lowest BCUT2D eigenvalue weighted by Crippen LogP contribution is -2.34. The highest BCUT2D eigenvalue weighted by atomic mass is 79.9. The molecule has 1 aliphatic rings. The lowest BCUT2D eigenvalue weighted by atomic mass is 10.2. The zero-order valence-corrected chi connectivity index (χ0v) is 11.4. The number of rotatable bonds is 4. The average molecular weight is 289 g/mol. The second-order valence-electron chi connectivity index (χ2n) is 4.25. The smallest absolute Gasteiger partial charge is 0.0701 e. The molecule has 15 heavy (non-hydrogen) atoms. The zero-order chi connectivity index (χ0) is 10.7. The van der Waals surface area contributed by atoms with Crippen molar-refractivity contribution in [3.8, 4) is 0 Å². The lowest BCUT2D eigenvalue weighted by Gasteiger charge is -2.20. The highest BCUT2D eigenvalue weighted by Gasteiger charge is 2.15. The average Bonchev–Trinajstić information content (AvgIpc) is 2.77. The van der Waals surface area contributed by atoms with Crippen molar-refractivity contribution in [1.29, 1.82) is 0 Å². The van der Waals surface area contributed by atoms with Crippen molar-refractivity contribution in [2.24, 2.45) is 0 Å². The Morgan fingerprint density at radius 2 is 2.53 bits per heavy atom. The third-order valence-electron chi connectivity index (χ3n) is 2.77. The van der Waals surface area contributed by atoms with E-state index in [2.05, 4.69) is 44.6 Å². The van der Waals surface area contributed by atoms with Crippen molar-refractivity contribution in [1.82, 2.24) is 10.2 Å². The van der Waals surface area contributed by atoms with E-state index in [4.69, 9.17) is 0 Å². The molecule has 0 saturated carbocycles. The summed E-state index contributed by atoms with van der Waals surface area (Å²) in [5.74, 6) is 0. The van der Waals surface area contributed by atoms with Gasteiger partial charge < -0.3 is 10.2 Å². The molecule has 1 aromatic heterocycles. The molecule has 84 valence electrons. The Bertz CT molecular complexity index is 307. The summed E-state index contributed by atoms with van der Waals surface area (Å²) >= 11 is 5.26. The fraction of sp³-hybridized carbons (Fsp3) is 0.636. The van der Waals surface area contributed by atoms with Crippen LogP contribution < -0.4 is 5.32 Å². The third kappa shape index (κ3) is 3.55. The summed E-state index contributed by atoms with van der Waals surface area (Å²) < 4.78 is 1.23. The number of thiophene rings is 1. The molecular formula is C11H17BrN2S. The summed E-state index contributed by atoms with van der Waals surface area (Å²) in [6, 6.07) is 2.92. The second kappa shape index (κ2) is 5.43. The molecule has 1 saturated heterocycles. The van der Waals surface area contributed by atoms with E-state index in [0.717, 1.165) is 13.1 Å². The van der Waals surface area contributed by atoms with E-state index >= 15 is 0 Å². The first-order chi connectivity index (χ1) is 7.24. The quantitative estimate of drug-likeness (QED) is 0.917. The van der Waals surface area contributed by atoms with Gasteiger partial charge in [-0.1, -0.05) is 0 Å². The molecule has 0 aromatic carbocycles. The first-order valence-corrected chi connectivity index (χ1v) is 7.06. The lowest BCUT2D eigenvalue weighted by molar-refractivity contribution is 0.293. The fourth-order valence-corrected chi connectivity index (χ4v) is 3.29. The Morgan fingerprint density at radius 3 is 3.13 bits per heavy atom. The van der Waals surface area contributed by atoms with Gasteiger partial charge in [0.15, 0.2) is 0 Å². The molecule has 2 heterocycles. The summed E-state index contributed by atoms with van der Waals surface area (Å²) in [5, 5.41) is 5.76. The van der Waals surface area contributed by atoms with Gasteiger partial charge in [0.2, 0.25) is 0 Å². The predicted octanol–water partition coefficient (Wildman–Crippen LogP) is 2.69. The summed E-state index contributed by atoms with van der Waals surface area (Å²) in [5.41, 5.74) is 1.41. The number of halogens is 1. The molecule has 0 amide bonds. The molecule has 1 aliphatic heterocycles. The van der Waals surface area contributed by atoms with Gasteiger partial charge in [-0.3, -0.25) is 0 Å². The van der Waals surface area contributed by atoms with Crippen LogP contribution >= 0.6 is 27.3 Å². The molecule has 1 aromatic rings. The monoisotopic (exact) mass is 288 g/mol. The first kappa shape index (κ1) is 11.6. The minimum Gasteiger partial charge on any atom is -0.313 e. The minimum absolute atomic E-state index is 0.706. The topological polar surface area (TPSA) is 15.3 Å². The summed E-state index contributed by atoms with van der Waals surface area (Å²) in [4.78, 5) is 2.40. The summed E-state index contributed by atoms with van der Waals surface area (Å²) in [6.07, 6.45) is 2.67. The van der Waals surface area contributed by atoms with Crippen LogP contribution in [0.2, 0.25) is 0 Å². The largest absolute Gasteiger partial charge is 0.313 e. The maximum Gasteiger partial charge on any atom is 0.0701 e. The molecular weight excluding hydrogens is 272 g/mol. The van der Waals surface area contributed by atoms with E-state index < -0.39 is 0 Å². The van der Waals surface area contributed by atoms with Crippen molar-refractivity contribution in [2.45, 2.75) is 25.4 Å². The van der Waals surface area contributed by atoms with Crippen molar-refractivity contribution < 1.29 is 0 Å². The molecule has 0 radical (unpaired) electrons. The van der Waals surface area contributed by atoms with E-state index in [1.54, 1.807) is 11.3 Å². The van der Waals surface area contributed by atoms with Crippen molar-refractivity contribution in [3.63, 3.8) is 0 Å². The number of nitrogens with zero attached hydrogens (tertiary/aromatic N) is 1. The predicted molar refractivity (Wildman–Crippen MR) is 69.4 cm³/mol. The van der Waals surface area contributed by atoms with E-state index in [1.807, 2.05) is 0 Å². The van der Waals surface area contributed by atoms with Crippen molar-refractivity contribution >= 4 is 27.3 Å². The molecule has 4 heteroatoms. The summed E-state index contributed by atoms with van der Waals surface area (Å²) in [7, 11) is 2.20. The van der Waals surface area contributed by atoms with Crippen LogP contribution in [0.5, 0.6) is 0 Å². The molecule has 0 spiro atoms. The van der Waals surface area contributed by atoms with Gasteiger partial charge >= 0.3 is 0 Å². The van der Waals surface area contributed by atoms with Gasteiger partial charge in [-0.15, -0.1) is 11.3 Å². The number of nitrogens with one attached hydrogen (secondary N) is 1. The van der Waals surface area contributed by atoms with Gasteiger partial charge in [0, 0.05) is 19.1 Å².